The summed E-state index contributed by atoms with van der Waals surface area (Å²) in [6.07, 6.45) is 9.71. The Balaban J connectivity index is 1.68. The zero-order chi connectivity index (χ0) is 12.8. The molecule has 1 fully saturated rings. The second kappa shape index (κ2) is 7.30. The Morgan fingerprint density at radius 3 is 3.06 bits per heavy atom. The number of aliphatic hydroxyl groups is 1. The number of thiophene rings is 1. The fraction of sp³-hybridized carbons (Fsp3) is 0.750. The minimum atomic E-state index is -0.0562. The highest BCUT2D eigenvalue weighted by Gasteiger charge is 2.26. The van der Waals surface area contributed by atoms with Crippen LogP contribution in [0.4, 0.5) is 0 Å². The minimum absolute atomic E-state index is 0.0562. The summed E-state index contributed by atoms with van der Waals surface area (Å²) in [5.41, 5.74) is 0. The van der Waals surface area contributed by atoms with E-state index in [4.69, 9.17) is 0 Å². The van der Waals surface area contributed by atoms with Crippen LogP contribution in [0.3, 0.4) is 0 Å². The third kappa shape index (κ3) is 4.10. The van der Waals surface area contributed by atoms with Crippen LogP contribution >= 0.6 is 11.3 Å². The first kappa shape index (κ1) is 14.1. The Morgan fingerprint density at radius 2 is 2.33 bits per heavy atom. The van der Waals surface area contributed by atoms with E-state index < -0.39 is 0 Å². The lowest BCUT2D eigenvalue weighted by Gasteiger charge is -2.31. The van der Waals surface area contributed by atoms with E-state index in [1.807, 2.05) is 11.3 Å². The molecule has 1 aliphatic carbocycles. The zero-order valence-corrected chi connectivity index (χ0v) is 12.3. The molecular formula is C16H26OS. The van der Waals surface area contributed by atoms with Crippen LogP contribution in [-0.4, -0.2) is 11.2 Å². The molecule has 2 rings (SSSR count). The van der Waals surface area contributed by atoms with Gasteiger partial charge < -0.3 is 5.11 Å². The van der Waals surface area contributed by atoms with Crippen LogP contribution in [0.2, 0.25) is 0 Å². The quantitative estimate of drug-likeness (QED) is 0.794. The van der Waals surface area contributed by atoms with Crippen LogP contribution in [0.5, 0.6) is 0 Å². The predicted octanol–water partition coefficient (Wildman–Crippen LogP) is 4.65. The highest BCUT2D eigenvalue weighted by molar-refractivity contribution is 7.09. The molecule has 1 saturated carbocycles. The van der Waals surface area contributed by atoms with Crippen LogP contribution in [0.1, 0.15) is 56.7 Å². The Morgan fingerprint density at radius 1 is 1.44 bits per heavy atom. The number of hydrogen-bond donors (Lipinski definition) is 1. The summed E-state index contributed by atoms with van der Waals surface area (Å²) in [6.45, 7) is 2.29. The first-order valence-corrected chi connectivity index (χ1v) is 8.38. The van der Waals surface area contributed by atoms with Crippen LogP contribution in [0.25, 0.3) is 0 Å². The molecule has 0 spiro atoms. The molecule has 0 saturated heterocycles. The van der Waals surface area contributed by atoms with E-state index in [2.05, 4.69) is 24.4 Å². The Labute approximate surface area is 115 Å². The maximum Gasteiger partial charge on any atom is 0.0568 e. The molecule has 102 valence electrons. The topological polar surface area (TPSA) is 20.2 Å². The van der Waals surface area contributed by atoms with E-state index in [-0.39, 0.29) is 6.10 Å². The van der Waals surface area contributed by atoms with E-state index in [0.29, 0.717) is 5.92 Å². The molecule has 18 heavy (non-hydrogen) atoms. The van der Waals surface area contributed by atoms with Gasteiger partial charge in [0.2, 0.25) is 0 Å². The van der Waals surface area contributed by atoms with Gasteiger partial charge >= 0.3 is 0 Å². The Kier molecular flexibility index (Phi) is 5.71. The Bertz CT molecular complexity index is 320. The van der Waals surface area contributed by atoms with Gasteiger partial charge in [0, 0.05) is 4.88 Å². The minimum Gasteiger partial charge on any atom is -0.393 e. The lowest BCUT2D eigenvalue weighted by Crippen LogP contribution is -2.26. The fourth-order valence-electron chi connectivity index (χ4n) is 3.23. The average molecular weight is 266 g/mol. The van der Waals surface area contributed by atoms with Crippen molar-refractivity contribution in [1.82, 2.24) is 0 Å². The van der Waals surface area contributed by atoms with E-state index in [1.165, 1.54) is 37.0 Å². The third-order valence-electron chi connectivity index (χ3n) is 4.45. The van der Waals surface area contributed by atoms with E-state index in [0.717, 1.165) is 25.2 Å². The highest BCUT2D eigenvalue weighted by Crippen LogP contribution is 2.34. The van der Waals surface area contributed by atoms with Gasteiger partial charge in [-0.1, -0.05) is 32.3 Å². The summed E-state index contributed by atoms with van der Waals surface area (Å²) in [4.78, 5) is 1.46. The van der Waals surface area contributed by atoms with Crippen molar-refractivity contribution in [3.05, 3.63) is 22.4 Å². The first-order valence-electron chi connectivity index (χ1n) is 7.50. The van der Waals surface area contributed by atoms with Crippen LogP contribution in [-0.2, 0) is 6.42 Å². The van der Waals surface area contributed by atoms with Crippen molar-refractivity contribution in [3.63, 3.8) is 0 Å². The normalized spacial score (nSPS) is 26.1. The van der Waals surface area contributed by atoms with Gasteiger partial charge in [-0.05, 0) is 55.4 Å². The molecule has 1 nitrogen and oxygen atoms in total. The number of aryl methyl sites for hydroxylation is 1. The van der Waals surface area contributed by atoms with E-state index >= 15 is 0 Å². The summed E-state index contributed by atoms with van der Waals surface area (Å²) >= 11 is 1.83. The van der Waals surface area contributed by atoms with Gasteiger partial charge in [-0.15, -0.1) is 11.3 Å². The molecule has 1 aliphatic rings. The molecule has 0 amide bonds. The molecule has 0 aromatic carbocycles. The standard InChI is InChI=1S/C16H26OS/c1-2-13-6-3-7-14(12-13)16(17)10-4-8-15-9-5-11-18-15/h5,9,11,13-14,16-17H,2-4,6-8,10,12H2,1H3. The summed E-state index contributed by atoms with van der Waals surface area (Å²) in [6, 6.07) is 4.31. The predicted molar refractivity (Wildman–Crippen MR) is 79.0 cm³/mol. The van der Waals surface area contributed by atoms with E-state index in [1.54, 1.807) is 0 Å². The SMILES string of the molecule is CCC1CCCC(C(O)CCCc2cccs2)C1. The lowest BCUT2D eigenvalue weighted by atomic mass is 9.77. The molecule has 1 N–H and O–H groups in total. The van der Waals surface area contributed by atoms with Crippen molar-refractivity contribution in [1.29, 1.82) is 0 Å². The maximum atomic E-state index is 10.3. The smallest absolute Gasteiger partial charge is 0.0568 e. The highest BCUT2D eigenvalue weighted by atomic mass is 32.1. The Hall–Kier alpha value is -0.340. The fourth-order valence-corrected chi connectivity index (χ4v) is 3.98. The van der Waals surface area contributed by atoms with Crippen LogP contribution in [0, 0.1) is 11.8 Å². The van der Waals surface area contributed by atoms with Crippen molar-refractivity contribution in [2.75, 3.05) is 0 Å². The second-order valence-electron chi connectivity index (χ2n) is 5.74. The summed E-state index contributed by atoms with van der Waals surface area (Å²) < 4.78 is 0. The molecular weight excluding hydrogens is 240 g/mol. The van der Waals surface area contributed by atoms with Gasteiger partial charge in [0.1, 0.15) is 0 Å². The molecule has 3 atom stereocenters. The molecule has 2 heteroatoms. The van der Waals surface area contributed by atoms with Gasteiger partial charge in [-0.3, -0.25) is 0 Å². The van der Waals surface area contributed by atoms with Gasteiger partial charge in [-0.25, -0.2) is 0 Å². The maximum absolute atomic E-state index is 10.3. The van der Waals surface area contributed by atoms with Gasteiger partial charge in [-0.2, -0.15) is 0 Å². The molecule has 1 aromatic heterocycles. The molecule has 1 heterocycles. The average Bonchev–Trinajstić information content (AvgIpc) is 2.92. The first-order chi connectivity index (χ1) is 8.79. The molecule has 0 aliphatic heterocycles. The largest absolute Gasteiger partial charge is 0.393 e. The third-order valence-corrected chi connectivity index (χ3v) is 5.38. The molecule has 3 unspecified atom stereocenters. The number of rotatable bonds is 6. The van der Waals surface area contributed by atoms with Gasteiger partial charge in [0.15, 0.2) is 0 Å². The number of hydrogen-bond acceptors (Lipinski definition) is 2. The number of aliphatic hydroxyl groups excluding tert-OH is 1. The van der Waals surface area contributed by atoms with Crippen LogP contribution < -0.4 is 0 Å². The second-order valence-corrected chi connectivity index (χ2v) is 6.77. The van der Waals surface area contributed by atoms with Crippen molar-refractivity contribution < 1.29 is 5.11 Å². The summed E-state index contributed by atoms with van der Waals surface area (Å²) in [5.74, 6) is 1.45. The molecule has 0 radical (unpaired) electrons. The summed E-state index contributed by atoms with van der Waals surface area (Å²) in [5, 5.41) is 12.5. The van der Waals surface area contributed by atoms with Crippen molar-refractivity contribution in [2.24, 2.45) is 11.8 Å². The van der Waals surface area contributed by atoms with Gasteiger partial charge in [0.25, 0.3) is 0 Å². The van der Waals surface area contributed by atoms with Crippen molar-refractivity contribution in [2.45, 2.75) is 64.4 Å². The van der Waals surface area contributed by atoms with Gasteiger partial charge in [0.05, 0.1) is 6.10 Å². The van der Waals surface area contributed by atoms with Crippen molar-refractivity contribution in [3.8, 4) is 0 Å². The summed E-state index contributed by atoms with van der Waals surface area (Å²) in [7, 11) is 0. The van der Waals surface area contributed by atoms with Crippen LogP contribution in [0.15, 0.2) is 17.5 Å². The van der Waals surface area contributed by atoms with Crippen molar-refractivity contribution >= 4 is 11.3 Å². The zero-order valence-electron chi connectivity index (χ0n) is 11.5. The molecule has 1 aromatic rings. The monoisotopic (exact) mass is 266 g/mol. The van der Waals surface area contributed by atoms with E-state index in [9.17, 15) is 5.11 Å². The lowest BCUT2D eigenvalue weighted by molar-refractivity contribution is 0.0601. The molecule has 0 bridgehead atoms.